The molecule has 7 nitrogen and oxygen atoms in total. The molecule has 0 bridgehead atoms. The largest absolute Gasteiger partial charge is 0.497 e. The Labute approximate surface area is 175 Å². The number of carbonyl (C=O) groups is 2. The van der Waals surface area contributed by atoms with Gasteiger partial charge in [0.15, 0.2) is 9.04 Å². The first-order valence-corrected chi connectivity index (χ1v) is 12.6. The second-order valence-electron chi connectivity index (χ2n) is 8.72. The van der Waals surface area contributed by atoms with Crippen LogP contribution in [0.2, 0.25) is 13.1 Å². The third kappa shape index (κ3) is 5.30. The van der Waals surface area contributed by atoms with E-state index in [-0.39, 0.29) is 17.9 Å². The molecule has 0 aromatic heterocycles. The van der Waals surface area contributed by atoms with Gasteiger partial charge in [-0.15, -0.1) is 0 Å². The minimum Gasteiger partial charge on any atom is -0.497 e. The van der Waals surface area contributed by atoms with Crippen molar-refractivity contribution in [3.05, 3.63) is 29.8 Å². The zero-order chi connectivity index (χ0) is 21.8. The van der Waals surface area contributed by atoms with E-state index in [1.807, 2.05) is 25.2 Å². The van der Waals surface area contributed by atoms with E-state index in [9.17, 15) is 9.59 Å². The zero-order valence-corrected chi connectivity index (χ0v) is 19.6. The van der Waals surface area contributed by atoms with Crippen molar-refractivity contribution in [1.29, 1.82) is 0 Å². The number of amides is 1. The Morgan fingerprint density at radius 1 is 1.17 bits per heavy atom. The van der Waals surface area contributed by atoms with Gasteiger partial charge in [-0.1, -0.05) is 32.9 Å². The second-order valence-corrected chi connectivity index (χ2v) is 11.1. The van der Waals surface area contributed by atoms with E-state index in [0.29, 0.717) is 13.0 Å². The van der Waals surface area contributed by atoms with Crippen molar-refractivity contribution in [3.63, 3.8) is 0 Å². The van der Waals surface area contributed by atoms with Gasteiger partial charge in [-0.05, 0) is 42.1 Å². The summed E-state index contributed by atoms with van der Waals surface area (Å²) in [5, 5.41) is 0. The lowest BCUT2D eigenvalue weighted by molar-refractivity contribution is -0.173. The van der Waals surface area contributed by atoms with Crippen LogP contribution in [0.15, 0.2) is 24.3 Å². The van der Waals surface area contributed by atoms with E-state index < -0.39 is 26.8 Å². The predicted molar refractivity (Wildman–Crippen MR) is 112 cm³/mol. The third-order valence-electron chi connectivity index (χ3n) is 5.26. The molecule has 1 unspecified atom stereocenters. The number of hydrogen-bond acceptors (Lipinski definition) is 6. The molecular formula is C21H33NO6Si. The average molecular weight is 424 g/mol. The molecule has 2 rings (SSSR count). The minimum atomic E-state index is -1.67. The molecule has 2 atom stereocenters. The van der Waals surface area contributed by atoms with Gasteiger partial charge in [-0.2, -0.15) is 0 Å². The van der Waals surface area contributed by atoms with Crippen molar-refractivity contribution in [1.82, 2.24) is 4.90 Å². The Morgan fingerprint density at radius 3 is 2.28 bits per heavy atom. The fourth-order valence-electron chi connectivity index (χ4n) is 3.53. The maximum absolute atomic E-state index is 13.0. The summed E-state index contributed by atoms with van der Waals surface area (Å²) in [7, 11) is 1.24. The van der Waals surface area contributed by atoms with Crippen LogP contribution in [0.5, 0.6) is 5.75 Å². The summed E-state index contributed by atoms with van der Waals surface area (Å²) in [6, 6.07) is 7.28. The highest BCUT2D eigenvalue weighted by molar-refractivity contribution is 6.48. The first-order valence-electron chi connectivity index (χ1n) is 9.87. The average Bonchev–Trinajstić information content (AvgIpc) is 3.06. The number of methoxy groups -OCH3 is 2. The van der Waals surface area contributed by atoms with Gasteiger partial charge in [0.05, 0.1) is 14.2 Å². The van der Waals surface area contributed by atoms with Crippen LogP contribution in [0.4, 0.5) is 4.79 Å². The molecule has 0 N–H and O–H groups in total. The number of benzene rings is 1. The monoisotopic (exact) mass is 423 g/mol. The SMILES string of the molecule is COC(=O)[C@]1(O[SiH](C)C)CC(C(C)(C)C)CN1C(=O)OCc1ccc(OC)cc1. The number of carbonyl (C=O) groups excluding carboxylic acids is 2. The van der Waals surface area contributed by atoms with E-state index in [2.05, 4.69) is 20.8 Å². The van der Waals surface area contributed by atoms with Gasteiger partial charge in [0, 0.05) is 13.0 Å². The molecule has 1 aromatic rings. The lowest BCUT2D eigenvalue weighted by Crippen LogP contribution is -2.57. The maximum atomic E-state index is 13.0. The summed E-state index contributed by atoms with van der Waals surface area (Å²) in [6.07, 6.45) is -0.181. The molecule has 1 amide bonds. The highest BCUT2D eigenvalue weighted by Crippen LogP contribution is 2.44. The van der Waals surface area contributed by atoms with Gasteiger partial charge in [0.25, 0.3) is 0 Å². The van der Waals surface area contributed by atoms with Crippen LogP contribution in [-0.4, -0.2) is 52.5 Å². The summed E-state index contributed by atoms with van der Waals surface area (Å²) in [4.78, 5) is 27.3. The first-order chi connectivity index (χ1) is 13.5. The lowest BCUT2D eigenvalue weighted by atomic mass is 9.79. The van der Waals surface area contributed by atoms with Crippen LogP contribution >= 0.6 is 0 Å². The van der Waals surface area contributed by atoms with Gasteiger partial charge in [0.1, 0.15) is 12.4 Å². The van der Waals surface area contributed by atoms with Crippen LogP contribution in [0.3, 0.4) is 0 Å². The highest BCUT2D eigenvalue weighted by atomic mass is 28.3. The second kappa shape index (κ2) is 9.17. The number of hydrogen-bond donors (Lipinski definition) is 0. The van der Waals surface area contributed by atoms with Crippen LogP contribution < -0.4 is 4.74 Å². The fourth-order valence-corrected chi connectivity index (χ4v) is 4.63. The molecule has 1 aromatic carbocycles. The number of likely N-dealkylation sites (tertiary alicyclic amines) is 1. The van der Waals surface area contributed by atoms with E-state index >= 15 is 0 Å². The Hall–Kier alpha value is -2.06. The summed E-state index contributed by atoms with van der Waals surface area (Å²) in [5.74, 6) is 0.252. The zero-order valence-electron chi connectivity index (χ0n) is 18.5. The molecule has 0 saturated carbocycles. The molecule has 1 heterocycles. The van der Waals surface area contributed by atoms with Crippen molar-refractivity contribution < 1.29 is 28.2 Å². The summed E-state index contributed by atoms with van der Waals surface area (Å²) in [6.45, 7) is 10.7. The van der Waals surface area contributed by atoms with E-state index in [1.165, 1.54) is 12.0 Å². The summed E-state index contributed by atoms with van der Waals surface area (Å²) < 4.78 is 21.9. The lowest BCUT2D eigenvalue weighted by Gasteiger charge is -2.36. The number of ether oxygens (including phenoxy) is 3. The van der Waals surface area contributed by atoms with E-state index in [0.717, 1.165) is 11.3 Å². The van der Waals surface area contributed by atoms with Crippen molar-refractivity contribution >= 4 is 21.1 Å². The van der Waals surface area contributed by atoms with Crippen LogP contribution in [0.1, 0.15) is 32.8 Å². The molecule has 8 heteroatoms. The van der Waals surface area contributed by atoms with Crippen LogP contribution in [0, 0.1) is 11.3 Å². The van der Waals surface area contributed by atoms with Gasteiger partial charge in [0.2, 0.25) is 5.72 Å². The van der Waals surface area contributed by atoms with Gasteiger partial charge < -0.3 is 18.6 Å². The van der Waals surface area contributed by atoms with Gasteiger partial charge >= 0.3 is 12.1 Å². The molecule has 0 spiro atoms. The Kier molecular flexibility index (Phi) is 7.34. The van der Waals surface area contributed by atoms with Crippen molar-refractivity contribution in [3.8, 4) is 5.75 Å². The quantitative estimate of drug-likeness (QED) is 0.514. The van der Waals surface area contributed by atoms with Crippen LogP contribution in [-0.2, 0) is 25.3 Å². The Morgan fingerprint density at radius 2 is 1.79 bits per heavy atom. The highest BCUT2D eigenvalue weighted by Gasteiger charge is 2.58. The molecule has 0 radical (unpaired) electrons. The van der Waals surface area contributed by atoms with Gasteiger partial charge in [-0.3, -0.25) is 4.90 Å². The topological polar surface area (TPSA) is 74.3 Å². The normalized spacial score (nSPS) is 21.9. The first kappa shape index (κ1) is 23.2. The molecule has 1 aliphatic rings. The Bertz CT molecular complexity index is 715. The fraction of sp³-hybridized carbons (Fsp3) is 0.619. The predicted octanol–water partition coefficient (Wildman–Crippen LogP) is 3.57. The molecule has 0 aliphatic carbocycles. The number of esters is 1. The number of rotatable bonds is 6. The smallest absolute Gasteiger partial charge is 0.412 e. The summed E-state index contributed by atoms with van der Waals surface area (Å²) >= 11 is 0. The van der Waals surface area contributed by atoms with Crippen molar-refractivity contribution in [2.45, 2.75) is 52.6 Å². The van der Waals surface area contributed by atoms with E-state index in [4.69, 9.17) is 18.6 Å². The van der Waals surface area contributed by atoms with Gasteiger partial charge in [-0.25, -0.2) is 9.59 Å². The third-order valence-corrected chi connectivity index (χ3v) is 6.12. The molecular weight excluding hydrogens is 390 g/mol. The summed E-state index contributed by atoms with van der Waals surface area (Å²) in [5.41, 5.74) is -0.704. The standard InChI is InChI=1S/C21H33NO6Si/c1-20(2,3)16-12-21(18(23)26-5,28-29(6)7)22(13-16)19(24)27-14-15-8-10-17(25-4)11-9-15/h8-11,16,29H,12-14H2,1-7H3/t16?,21-/m1/s1. The molecule has 29 heavy (non-hydrogen) atoms. The number of nitrogens with zero attached hydrogens (tertiary/aromatic N) is 1. The Balaban J connectivity index is 2.25. The van der Waals surface area contributed by atoms with E-state index in [1.54, 1.807) is 19.2 Å². The molecule has 1 fully saturated rings. The molecule has 1 saturated heterocycles. The van der Waals surface area contributed by atoms with Crippen molar-refractivity contribution in [2.75, 3.05) is 20.8 Å². The molecule has 162 valence electrons. The minimum absolute atomic E-state index is 0.0721. The maximum Gasteiger partial charge on any atom is 0.412 e. The van der Waals surface area contributed by atoms with Crippen LogP contribution in [0.25, 0.3) is 0 Å². The molecule has 1 aliphatic heterocycles. The van der Waals surface area contributed by atoms with Crippen molar-refractivity contribution in [2.24, 2.45) is 11.3 Å².